The van der Waals surface area contributed by atoms with E-state index in [9.17, 15) is 9.59 Å². The summed E-state index contributed by atoms with van der Waals surface area (Å²) < 4.78 is 0. The molecule has 300 valence electrons. The number of hydrogen-bond donors (Lipinski definition) is 0. The Labute approximate surface area is 330 Å². The summed E-state index contributed by atoms with van der Waals surface area (Å²) >= 11 is 0. The van der Waals surface area contributed by atoms with Crippen molar-refractivity contribution in [2.45, 2.75) is 65.5 Å². The Bertz CT molecular complexity index is 1650. The second-order valence-corrected chi connectivity index (χ2v) is 13.8. The van der Waals surface area contributed by atoms with E-state index in [1.165, 1.54) is 22.3 Å². The Balaban J connectivity index is -0.000000297. The molecular weight excluding hydrogens is 716 g/mol. The lowest BCUT2D eigenvalue weighted by Crippen LogP contribution is -2.13. The van der Waals surface area contributed by atoms with Gasteiger partial charge < -0.3 is 9.80 Å². The third kappa shape index (κ3) is 36.0. The molecule has 0 aliphatic carbocycles. The van der Waals surface area contributed by atoms with Gasteiger partial charge in [0.25, 0.3) is 0 Å². The predicted octanol–water partition coefficient (Wildman–Crippen LogP) is 6.76. The maximum atomic E-state index is 10.4. The van der Waals surface area contributed by atoms with Gasteiger partial charge in [-0.3, -0.25) is 9.59 Å². The Morgan fingerprint density at radius 1 is 0.411 bits per heavy atom. The minimum absolute atomic E-state index is 0.168. The molecule has 0 aliphatic rings. The first-order valence-corrected chi connectivity index (χ1v) is 16.8. The van der Waals surface area contributed by atoms with E-state index < -0.39 is 0 Å². The summed E-state index contributed by atoms with van der Waals surface area (Å²) in [5.41, 5.74) is 7.30. The van der Waals surface area contributed by atoms with Crippen LogP contribution in [0.25, 0.3) is 0 Å². The molecule has 0 radical (unpaired) electrons. The van der Waals surface area contributed by atoms with E-state index in [1.807, 2.05) is 48.5 Å². The Morgan fingerprint density at radius 3 is 0.911 bits per heavy atom. The quantitative estimate of drug-likeness (QED) is 0.189. The van der Waals surface area contributed by atoms with Crippen molar-refractivity contribution in [2.75, 3.05) is 28.2 Å². The van der Waals surface area contributed by atoms with Gasteiger partial charge in [0.15, 0.2) is 0 Å². The molecule has 0 heterocycles. The molecule has 12 nitrogen and oxygen atoms in total. The molecule has 56 heavy (non-hydrogen) atoms. The van der Waals surface area contributed by atoms with Gasteiger partial charge in [-0.25, -0.2) is 0 Å². The zero-order valence-corrected chi connectivity index (χ0v) is 33.9. The molecule has 0 bridgehead atoms. The Morgan fingerprint density at radius 2 is 0.661 bits per heavy atom. The topological polar surface area (TPSA) is 177 Å². The molecule has 4 rings (SSSR count). The van der Waals surface area contributed by atoms with Crippen molar-refractivity contribution in [1.82, 2.24) is 9.80 Å². The van der Waals surface area contributed by atoms with Crippen LogP contribution in [-0.2, 0) is 62.3 Å². The maximum absolute atomic E-state index is 10.4. The zero-order valence-electron chi connectivity index (χ0n) is 33.9. The van der Waals surface area contributed by atoms with Crippen LogP contribution in [0.3, 0.4) is 0 Å². The van der Waals surface area contributed by atoms with E-state index in [4.69, 9.17) is 38.4 Å². The molecule has 4 aromatic rings. The summed E-state index contributed by atoms with van der Waals surface area (Å²) in [5, 5.41) is 0. The van der Waals surface area contributed by atoms with Crippen molar-refractivity contribution >= 4 is 37.2 Å². The van der Waals surface area contributed by atoms with Gasteiger partial charge in [0, 0.05) is 24.2 Å². The van der Waals surface area contributed by atoms with Crippen LogP contribution in [0, 0.1) is 0 Å². The van der Waals surface area contributed by atoms with Crippen LogP contribution in [0.15, 0.2) is 109 Å². The van der Waals surface area contributed by atoms with Crippen molar-refractivity contribution in [3.05, 3.63) is 143 Å². The maximum Gasteiger partial charge on any atom is 0.373 e. The van der Waals surface area contributed by atoms with Crippen LogP contribution in [-0.4, -0.2) is 75.2 Å². The first kappa shape index (κ1) is 56.4. The zero-order chi connectivity index (χ0) is 44.0. The van der Waals surface area contributed by atoms with Crippen LogP contribution in [0.1, 0.15) is 84.5 Å². The fourth-order valence-corrected chi connectivity index (χ4v) is 4.02. The number of carbonyl (C=O) groups excluding carboxylic acids is 10. The highest BCUT2D eigenvalue weighted by Gasteiger charge is 2.13. The second kappa shape index (κ2) is 35.7. The number of benzene rings is 4. The number of rotatable bonds is 6. The summed E-state index contributed by atoms with van der Waals surface area (Å²) in [4.78, 5) is 89.7. The molecule has 0 aliphatic heterocycles. The van der Waals surface area contributed by atoms with Crippen molar-refractivity contribution in [2.24, 2.45) is 0 Å². The minimum atomic E-state index is 0.168. The molecular formula is C44H54N2O10. The average molecular weight is 771 g/mol. The third-order valence-electron chi connectivity index (χ3n) is 6.51. The van der Waals surface area contributed by atoms with Gasteiger partial charge in [-0.15, -0.1) is 0 Å². The van der Waals surface area contributed by atoms with Crippen LogP contribution in [0.5, 0.6) is 0 Å². The van der Waals surface area contributed by atoms with Gasteiger partial charge in [-0.2, -0.15) is 38.4 Å². The highest BCUT2D eigenvalue weighted by molar-refractivity contribution is 5.75. The standard InChI is InChI=1S/C13H21N.C11H14O.C9H13N.C7H6O.4CO2/c1-13(2,3)12-8-6-11(7-9-12)10-14(4)5;1-11(2,3)10-6-4-9(8-12)5-7-10;1-10(2)8-9-6-4-3-5-7-9;8-6-7-4-2-1-3-5-7;4*2-1-3/h6-9H,10H2,1-5H3;4-8H,1-3H3;3-7H,8H2,1-2H3;1-6H;;;;. The lowest BCUT2D eigenvalue weighted by atomic mass is 9.87. The summed E-state index contributed by atoms with van der Waals surface area (Å²) in [6, 6.07) is 36.2. The normalized spacial score (nSPS) is 9.07. The predicted molar refractivity (Wildman–Crippen MR) is 209 cm³/mol. The molecule has 0 saturated carbocycles. The van der Waals surface area contributed by atoms with Gasteiger partial charge in [-0.05, 0) is 61.3 Å². The Kier molecular flexibility index (Phi) is 35.9. The molecule has 0 spiro atoms. The van der Waals surface area contributed by atoms with Crippen molar-refractivity contribution < 1.29 is 47.9 Å². The van der Waals surface area contributed by atoms with Gasteiger partial charge >= 0.3 is 24.6 Å². The van der Waals surface area contributed by atoms with Crippen LogP contribution >= 0.6 is 0 Å². The van der Waals surface area contributed by atoms with Gasteiger partial charge in [0.1, 0.15) is 12.6 Å². The summed E-state index contributed by atoms with van der Waals surface area (Å²) in [5.74, 6) is 0. The van der Waals surface area contributed by atoms with E-state index in [2.05, 4.69) is 128 Å². The van der Waals surface area contributed by atoms with Crippen LogP contribution in [0.4, 0.5) is 0 Å². The van der Waals surface area contributed by atoms with E-state index >= 15 is 0 Å². The lowest BCUT2D eigenvalue weighted by molar-refractivity contribution is -0.193. The monoisotopic (exact) mass is 770 g/mol. The summed E-state index contributed by atoms with van der Waals surface area (Å²) in [6.07, 6.45) is 2.70. The summed E-state index contributed by atoms with van der Waals surface area (Å²) in [6.45, 7) is 15.2. The third-order valence-corrected chi connectivity index (χ3v) is 6.51. The highest BCUT2D eigenvalue weighted by Crippen LogP contribution is 2.23. The van der Waals surface area contributed by atoms with Gasteiger partial charge in [0.2, 0.25) is 0 Å². The van der Waals surface area contributed by atoms with Crippen molar-refractivity contribution in [3.63, 3.8) is 0 Å². The second-order valence-electron chi connectivity index (χ2n) is 13.8. The smallest absolute Gasteiger partial charge is 0.305 e. The molecule has 0 N–H and O–H groups in total. The number of nitrogens with zero attached hydrogens (tertiary/aromatic N) is 2. The van der Waals surface area contributed by atoms with E-state index in [0.29, 0.717) is 0 Å². The average Bonchev–Trinajstić information content (AvgIpc) is 3.14. The Hall–Kier alpha value is -6.34. The number of aldehydes is 2. The van der Waals surface area contributed by atoms with E-state index in [-0.39, 0.29) is 35.4 Å². The largest absolute Gasteiger partial charge is 0.373 e. The SMILES string of the molecule is CC(C)(C)c1ccc(C=O)cc1.CN(C)Cc1ccc(C(C)(C)C)cc1.CN(C)Cc1ccccc1.O=C=O.O=C=O.O=C=O.O=C=O.O=Cc1ccccc1. The molecule has 0 saturated heterocycles. The molecule has 0 fully saturated rings. The number of hydrogen-bond acceptors (Lipinski definition) is 12. The first-order valence-electron chi connectivity index (χ1n) is 16.8. The van der Waals surface area contributed by atoms with Gasteiger partial charge in [-0.1, -0.05) is 151 Å². The number of carbonyl (C=O) groups is 2. The van der Waals surface area contributed by atoms with E-state index in [0.717, 1.165) is 36.8 Å². The molecule has 0 atom stereocenters. The van der Waals surface area contributed by atoms with Gasteiger partial charge in [0.05, 0.1) is 0 Å². The summed E-state index contributed by atoms with van der Waals surface area (Å²) in [7, 11) is 8.34. The molecule has 0 aromatic heterocycles. The van der Waals surface area contributed by atoms with Crippen molar-refractivity contribution in [1.29, 1.82) is 0 Å². The highest BCUT2D eigenvalue weighted by atomic mass is 16.2. The minimum Gasteiger partial charge on any atom is -0.305 e. The molecule has 0 amide bonds. The van der Waals surface area contributed by atoms with Crippen LogP contribution in [0.2, 0.25) is 0 Å². The van der Waals surface area contributed by atoms with Crippen molar-refractivity contribution in [3.8, 4) is 0 Å². The molecule has 4 aromatic carbocycles. The molecule has 0 unspecified atom stereocenters. The molecule has 12 heteroatoms. The van der Waals surface area contributed by atoms with Crippen LogP contribution < -0.4 is 0 Å². The lowest BCUT2D eigenvalue weighted by Gasteiger charge is -2.19. The fourth-order valence-electron chi connectivity index (χ4n) is 4.02. The fraction of sp³-hybridized carbons (Fsp3) is 0.318. The van der Waals surface area contributed by atoms with E-state index in [1.54, 1.807) is 12.1 Å². The first-order chi connectivity index (χ1) is 26.3.